The van der Waals surface area contributed by atoms with Gasteiger partial charge in [0, 0.05) is 6.04 Å². The first-order valence-corrected chi connectivity index (χ1v) is 8.64. The first-order valence-electron chi connectivity index (χ1n) is 8.64. The van der Waals surface area contributed by atoms with E-state index in [0.29, 0.717) is 17.9 Å². The summed E-state index contributed by atoms with van der Waals surface area (Å²) in [5.74, 6) is 1.76. The standard InChI is InChI=1S/C17H30N2O/c1-12(2)11-15-18-17(9-10-17)16(20)19(15)13(3)14-7-5-4-6-8-14/h12-15,18H,4-11H2,1-3H3. The van der Waals surface area contributed by atoms with E-state index in [1.165, 1.54) is 32.1 Å². The van der Waals surface area contributed by atoms with Crippen molar-refractivity contribution in [2.24, 2.45) is 11.8 Å². The first-order chi connectivity index (χ1) is 9.53. The fourth-order valence-corrected chi connectivity index (χ4v) is 4.25. The summed E-state index contributed by atoms with van der Waals surface area (Å²) in [6.45, 7) is 6.81. The second kappa shape index (κ2) is 5.32. The quantitative estimate of drug-likeness (QED) is 0.856. The summed E-state index contributed by atoms with van der Waals surface area (Å²) >= 11 is 0. The summed E-state index contributed by atoms with van der Waals surface area (Å²) in [7, 11) is 0. The first kappa shape index (κ1) is 14.4. The molecule has 2 saturated carbocycles. The topological polar surface area (TPSA) is 32.3 Å². The number of nitrogens with zero attached hydrogens (tertiary/aromatic N) is 1. The third-order valence-electron chi connectivity index (χ3n) is 5.64. The lowest BCUT2D eigenvalue weighted by Gasteiger charge is -2.38. The number of rotatable bonds is 4. The largest absolute Gasteiger partial charge is 0.323 e. The van der Waals surface area contributed by atoms with Crippen molar-refractivity contribution < 1.29 is 4.79 Å². The fraction of sp³-hybridized carbons (Fsp3) is 0.941. The predicted octanol–water partition coefficient (Wildman–Crippen LogP) is 3.29. The molecule has 3 nitrogen and oxygen atoms in total. The molecule has 0 radical (unpaired) electrons. The molecule has 3 fully saturated rings. The van der Waals surface area contributed by atoms with Gasteiger partial charge in [-0.25, -0.2) is 0 Å². The third kappa shape index (κ3) is 2.49. The Morgan fingerprint density at radius 1 is 1.20 bits per heavy atom. The summed E-state index contributed by atoms with van der Waals surface area (Å²) in [5, 5.41) is 3.67. The van der Waals surface area contributed by atoms with E-state index in [1.807, 2.05) is 0 Å². The Morgan fingerprint density at radius 2 is 1.85 bits per heavy atom. The van der Waals surface area contributed by atoms with Gasteiger partial charge in [-0.15, -0.1) is 0 Å². The average molecular weight is 278 g/mol. The molecule has 1 amide bonds. The van der Waals surface area contributed by atoms with E-state index < -0.39 is 0 Å². The van der Waals surface area contributed by atoms with E-state index in [9.17, 15) is 4.79 Å². The molecule has 0 aromatic heterocycles. The number of carbonyl (C=O) groups excluding carboxylic acids is 1. The zero-order valence-corrected chi connectivity index (χ0v) is 13.3. The molecule has 114 valence electrons. The molecule has 1 aliphatic heterocycles. The molecule has 3 heteroatoms. The van der Waals surface area contributed by atoms with E-state index in [0.717, 1.165) is 25.2 Å². The van der Waals surface area contributed by atoms with Gasteiger partial charge in [0.15, 0.2) is 0 Å². The summed E-state index contributed by atoms with van der Waals surface area (Å²) in [6.07, 6.45) is 10.2. The van der Waals surface area contributed by atoms with Crippen molar-refractivity contribution in [2.75, 3.05) is 0 Å². The Balaban J connectivity index is 1.74. The molecule has 2 atom stereocenters. The molecule has 20 heavy (non-hydrogen) atoms. The molecule has 0 aromatic rings. The minimum Gasteiger partial charge on any atom is -0.323 e. The third-order valence-corrected chi connectivity index (χ3v) is 5.64. The maximum absolute atomic E-state index is 12.8. The highest BCUT2D eigenvalue weighted by atomic mass is 16.2. The lowest BCUT2D eigenvalue weighted by Crippen LogP contribution is -2.47. The number of hydrogen-bond donors (Lipinski definition) is 1. The SMILES string of the molecule is CC(C)CC1NC2(CC2)C(=O)N1C(C)C1CCCCC1. The van der Waals surface area contributed by atoms with Crippen LogP contribution in [-0.2, 0) is 4.79 Å². The molecule has 1 N–H and O–H groups in total. The van der Waals surface area contributed by atoms with Crippen molar-refractivity contribution in [3.63, 3.8) is 0 Å². The van der Waals surface area contributed by atoms with E-state index in [1.54, 1.807) is 0 Å². The van der Waals surface area contributed by atoms with Gasteiger partial charge in [0.05, 0.1) is 11.7 Å². The minimum absolute atomic E-state index is 0.150. The van der Waals surface area contributed by atoms with Gasteiger partial charge in [-0.1, -0.05) is 33.1 Å². The average Bonchev–Trinajstić information content (AvgIpc) is 3.14. The molecule has 2 unspecified atom stereocenters. The smallest absolute Gasteiger partial charge is 0.244 e. The highest BCUT2D eigenvalue weighted by molar-refractivity contribution is 5.92. The molecule has 1 heterocycles. The number of nitrogens with one attached hydrogen (secondary N) is 1. The van der Waals surface area contributed by atoms with Crippen molar-refractivity contribution in [1.82, 2.24) is 10.2 Å². The zero-order valence-electron chi connectivity index (χ0n) is 13.3. The molecule has 0 bridgehead atoms. The van der Waals surface area contributed by atoms with Gasteiger partial charge < -0.3 is 4.90 Å². The Labute approximate surface area is 123 Å². The van der Waals surface area contributed by atoms with Crippen molar-refractivity contribution in [3.8, 4) is 0 Å². The lowest BCUT2D eigenvalue weighted by atomic mass is 9.83. The Morgan fingerprint density at radius 3 is 2.40 bits per heavy atom. The van der Waals surface area contributed by atoms with E-state index in [4.69, 9.17) is 0 Å². The molecule has 1 spiro atoms. The number of amides is 1. The molecule has 2 aliphatic carbocycles. The number of carbonyl (C=O) groups is 1. The molecule has 1 saturated heterocycles. The van der Waals surface area contributed by atoms with Crippen LogP contribution in [0.4, 0.5) is 0 Å². The van der Waals surface area contributed by atoms with Crippen molar-refractivity contribution in [2.45, 2.75) is 89.9 Å². The van der Waals surface area contributed by atoms with Gasteiger partial charge in [0.25, 0.3) is 0 Å². The second-order valence-corrected chi connectivity index (χ2v) is 7.72. The highest BCUT2D eigenvalue weighted by Crippen LogP contribution is 2.45. The van der Waals surface area contributed by atoms with Crippen LogP contribution in [0.1, 0.15) is 72.1 Å². The summed E-state index contributed by atoms with van der Waals surface area (Å²) in [5.41, 5.74) is -0.150. The summed E-state index contributed by atoms with van der Waals surface area (Å²) < 4.78 is 0. The van der Waals surface area contributed by atoms with Crippen LogP contribution in [0.15, 0.2) is 0 Å². The molecule has 0 aromatic carbocycles. The van der Waals surface area contributed by atoms with Gasteiger partial charge in [0.2, 0.25) is 5.91 Å². The highest BCUT2D eigenvalue weighted by Gasteiger charge is 2.60. The maximum atomic E-state index is 12.8. The van der Waals surface area contributed by atoms with Crippen molar-refractivity contribution in [3.05, 3.63) is 0 Å². The van der Waals surface area contributed by atoms with Gasteiger partial charge in [-0.3, -0.25) is 10.1 Å². The van der Waals surface area contributed by atoms with Gasteiger partial charge >= 0.3 is 0 Å². The predicted molar refractivity (Wildman–Crippen MR) is 81.2 cm³/mol. The molecular weight excluding hydrogens is 248 g/mol. The Hall–Kier alpha value is -0.570. The van der Waals surface area contributed by atoms with E-state index >= 15 is 0 Å². The van der Waals surface area contributed by atoms with Gasteiger partial charge in [-0.05, 0) is 50.9 Å². The van der Waals surface area contributed by atoms with Crippen molar-refractivity contribution in [1.29, 1.82) is 0 Å². The molecule has 3 aliphatic rings. The van der Waals surface area contributed by atoms with E-state index in [2.05, 4.69) is 31.0 Å². The summed E-state index contributed by atoms with van der Waals surface area (Å²) in [6, 6.07) is 0.416. The van der Waals surface area contributed by atoms with Crippen LogP contribution in [0.2, 0.25) is 0 Å². The number of hydrogen-bond acceptors (Lipinski definition) is 2. The van der Waals surface area contributed by atoms with Crippen LogP contribution >= 0.6 is 0 Å². The normalized spacial score (nSPS) is 31.3. The minimum atomic E-state index is -0.150. The van der Waals surface area contributed by atoms with Crippen LogP contribution in [0.3, 0.4) is 0 Å². The molecule has 3 rings (SSSR count). The maximum Gasteiger partial charge on any atom is 0.244 e. The Bertz CT molecular complexity index is 369. The van der Waals surface area contributed by atoms with Crippen LogP contribution in [-0.4, -0.2) is 28.6 Å². The van der Waals surface area contributed by atoms with Gasteiger partial charge in [0.1, 0.15) is 0 Å². The van der Waals surface area contributed by atoms with Crippen LogP contribution in [0.5, 0.6) is 0 Å². The molecular formula is C17H30N2O. The Kier molecular flexibility index (Phi) is 3.83. The lowest BCUT2D eigenvalue weighted by molar-refractivity contribution is -0.134. The van der Waals surface area contributed by atoms with Gasteiger partial charge in [-0.2, -0.15) is 0 Å². The second-order valence-electron chi connectivity index (χ2n) is 7.72. The van der Waals surface area contributed by atoms with Crippen molar-refractivity contribution >= 4 is 5.91 Å². The summed E-state index contributed by atoms with van der Waals surface area (Å²) in [4.78, 5) is 15.1. The monoisotopic (exact) mass is 278 g/mol. The fourth-order valence-electron chi connectivity index (χ4n) is 4.25. The van der Waals surface area contributed by atoms with Crippen LogP contribution in [0.25, 0.3) is 0 Å². The van der Waals surface area contributed by atoms with Crippen LogP contribution < -0.4 is 5.32 Å². The van der Waals surface area contributed by atoms with Crippen LogP contribution in [0, 0.1) is 11.8 Å². The van der Waals surface area contributed by atoms with E-state index in [-0.39, 0.29) is 11.7 Å². The zero-order chi connectivity index (χ0) is 14.3.